The van der Waals surface area contributed by atoms with Gasteiger partial charge in [-0.05, 0) is 50.9 Å². The van der Waals surface area contributed by atoms with Gasteiger partial charge in [0.25, 0.3) is 0 Å². The average molecular weight is 231 g/mol. The molecular formula is C14H21N3. The summed E-state index contributed by atoms with van der Waals surface area (Å²) in [5.41, 5.74) is 0.776. The molecule has 0 amide bonds. The first-order valence-electron chi connectivity index (χ1n) is 6.42. The third kappa shape index (κ3) is 2.70. The summed E-state index contributed by atoms with van der Waals surface area (Å²) in [5.74, 6) is 0.805. The van der Waals surface area contributed by atoms with Gasteiger partial charge in [0.15, 0.2) is 0 Å². The standard InChI is InChI=1S/C14H21N3/c1-12-5-8-17(9-6-12)14(2,11-15)10-13-4-3-7-16-13/h3-4,7,12,16H,5-6,8-10H2,1-2H3. The van der Waals surface area contributed by atoms with Crippen molar-refractivity contribution >= 4 is 0 Å². The highest BCUT2D eigenvalue weighted by Crippen LogP contribution is 2.26. The molecule has 1 aliphatic rings. The Morgan fingerprint density at radius 1 is 1.53 bits per heavy atom. The number of hydrogen-bond donors (Lipinski definition) is 1. The highest BCUT2D eigenvalue weighted by molar-refractivity contribution is 5.16. The van der Waals surface area contributed by atoms with E-state index in [-0.39, 0.29) is 5.54 Å². The van der Waals surface area contributed by atoms with E-state index in [4.69, 9.17) is 0 Å². The highest BCUT2D eigenvalue weighted by atomic mass is 15.2. The molecule has 0 spiro atoms. The first kappa shape index (κ1) is 12.2. The molecule has 1 aromatic heterocycles. The van der Waals surface area contributed by atoms with Gasteiger partial charge in [0.2, 0.25) is 0 Å². The van der Waals surface area contributed by atoms with Crippen molar-refractivity contribution in [1.29, 1.82) is 5.26 Å². The van der Waals surface area contributed by atoms with Gasteiger partial charge in [0.1, 0.15) is 5.54 Å². The number of aromatic amines is 1. The van der Waals surface area contributed by atoms with Crippen LogP contribution in [-0.4, -0.2) is 28.5 Å². The largest absolute Gasteiger partial charge is 0.365 e. The van der Waals surface area contributed by atoms with Crippen LogP contribution in [0.4, 0.5) is 0 Å². The van der Waals surface area contributed by atoms with Crippen molar-refractivity contribution in [3.05, 3.63) is 24.0 Å². The Kier molecular flexibility index (Phi) is 3.54. The minimum Gasteiger partial charge on any atom is -0.365 e. The lowest BCUT2D eigenvalue weighted by Gasteiger charge is -2.40. The van der Waals surface area contributed by atoms with E-state index in [9.17, 15) is 5.26 Å². The molecule has 0 bridgehead atoms. The first-order chi connectivity index (χ1) is 8.14. The van der Waals surface area contributed by atoms with E-state index in [1.54, 1.807) is 0 Å². The van der Waals surface area contributed by atoms with Gasteiger partial charge in [0.05, 0.1) is 6.07 Å². The minimum atomic E-state index is -0.370. The number of nitriles is 1. The van der Waals surface area contributed by atoms with Crippen LogP contribution in [0.5, 0.6) is 0 Å². The van der Waals surface area contributed by atoms with Crippen molar-refractivity contribution in [2.24, 2.45) is 5.92 Å². The number of piperidine rings is 1. The maximum absolute atomic E-state index is 9.50. The Morgan fingerprint density at radius 2 is 2.24 bits per heavy atom. The van der Waals surface area contributed by atoms with Crippen LogP contribution >= 0.6 is 0 Å². The number of rotatable bonds is 3. The lowest BCUT2D eigenvalue weighted by molar-refractivity contribution is 0.103. The van der Waals surface area contributed by atoms with Crippen molar-refractivity contribution in [1.82, 2.24) is 9.88 Å². The summed E-state index contributed by atoms with van der Waals surface area (Å²) in [6.07, 6.45) is 5.13. The Morgan fingerprint density at radius 3 is 2.76 bits per heavy atom. The summed E-state index contributed by atoms with van der Waals surface area (Å²) in [6, 6.07) is 6.56. The van der Waals surface area contributed by atoms with Gasteiger partial charge in [-0.2, -0.15) is 5.26 Å². The molecule has 92 valence electrons. The number of aromatic nitrogens is 1. The number of H-pyrrole nitrogens is 1. The van der Waals surface area contributed by atoms with Gasteiger partial charge in [0, 0.05) is 18.3 Å². The van der Waals surface area contributed by atoms with Crippen LogP contribution in [0.3, 0.4) is 0 Å². The molecule has 2 heterocycles. The fraction of sp³-hybridized carbons (Fsp3) is 0.643. The molecule has 1 aromatic rings. The van der Waals surface area contributed by atoms with E-state index < -0.39 is 0 Å². The van der Waals surface area contributed by atoms with Crippen molar-refractivity contribution in [2.75, 3.05) is 13.1 Å². The van der Waals surface area contributed by atoms with E-state index >= 15 is 0 Å². The summed E-state index contributed by atoms with van der Waals surface area (Å²) in [6.45, 7) is 6.45. The molecule has 3 nitrogen and oxygen atoms in total. The van der Waals surface area contributed by atoms with Gasteiger partial charge < -0.3 is 4.98 Å². The Labute approximate surface area is 103 Å². The van der Waals surface area contributed by atoms with E-state index in [1.807, 2.05) is 12.3 Å². The fourth-order valence-electron chi connectivity index (χ4n) is 2.57. The Balaban J connectivity index is 2.06. The number of hydrogen-bond acceptors (Lipinski definition) is 2. The predicted molar refractivity (Wildman–Crippen MR) is 68.5 cm³/mol. The summed E-state index contributed by atoms with van der Waals surface area (Å²) < 4.78 is 0. The smallest absolute Gasteiger partial charge is 0.111 e. The Hall–Kier alpha value is -1.27. The SMILES string of the molecule is CC1CCN(C(C)(C#N)Cc2ccc[nH]2)CC1. The topological polar surface area (TPSA) is 42.8 Å². The lowest BCUT2D eigenvalue weighted by atomic mass is 9.90. The van der Waals surface area contributed by atoms with Gasteiger partial charge in [-0.15, -0.1) is 0 Å². The second kappa shape index (κ2) is 4.93. The molecule has 0 aromatic carbocycles. The highest BCUT2D eigenvalue weighted by Gasteiger charge is 2.34. The molecule has 1 atom stereocenters. The summed E-state index contributed by atoms with van der Waals surface area (Å²) in [4.78, 5) is 5.54. The zero-order valence-electron chi connectivity index (χ0n) is 10.7. The quantitative estimate of drug-likeness (QED) is 0.868. The van der Waals surface area contributed by atoms with E-state index in [0.717, 1.165) is 31.1 Å². The molecule has 3 heteroatoms. The molecule has 1 fully saturated rings. The number of likely N-dealkylation sites (tertiary alicyclic amines) is 1. The van der Waals surface area contributed by atoms with Crippen LogP contribution in [0, 0.1) is 17.2 Å². The number of nitrogens with zero attached hydrogens (tertiary/aromatic N) is 2. The Bertz CT molecular complexity index is 382. The average Bonchev–Trinajstić information content (AvgIpc) is 2.82. The maximum Gasteiger partial charge on any atom is 0.111 e. The molecule has 1 unspecified atom stereocenters. The van der Waals surface area contributed by atoms with Gasteiger partial charge >= 0.3 is 0 Å². The monoisotopic (exact) mass is 231 g/mol. The van der Waals surface area contributed by atoms with Gasteiger partial charge in [-0.1, -0.05) is 6.92 Å². The second-order valence-corrected chi connectivity index (χ2v) is 5.43. The molecule has 0 aliphatic carbocycles. The molecule has 1 aliphatic heterocycles. The zero-order valence-corrected chi connectivity index (χ0v) is 10.7. The third-order valence-electron chi connectivity index (χ3n) is 3.92. The summed E-state index contributed by atoms with van der Waals surface area (Å²) in [7, 11) is 0. The third-order valence-corrected chi connectivity index (χ3v) is 3.92. The molecule has 0 radical (unpaired) electrons. The molecular weight excluding hydrogens is 210 g/mol. The van der Waals surface area contributed by atoms with Crippen molar-refractivity contribution in [3.63, 3.8) is 0 Å². The van der Waals surface area contributed by atoms with Crippen LogP contribution in [-0.2, 0) is 6.42 Å². The van der Waals surface area contributed by atoms with Crippen LogP contribution in [0.15, 0.2) is 18.3 Å². The minimum absolute atomic E-state index is 0.370. The van der Waals surface area contributed by atoms with Gasteiger partial charge in [-0.25, -0.2) is 0 Å². The normalized spacial score (nSPS) is 21.9. The van der Waals surface area contributed by atoms with E-state index in [0.29, 0.717) is 0 Å². The second-order valence-electron chi connectivity index (χ2n) is 5.43. The number of nitrogens with one attached hydrogen (secondary N) is 1. The van der Waals surface area contributed by atoms with E-state index in [2.05, 4.69) is 35.9 Å². The van der Waals surface area contributed by atoms with E-state index in [1.165, 1.54) is 12.8 Å². The first-order valence-corrected chi connectivity index (χ1v) is 6.42. The molecule has 1 saturated heterocycles. The predicted octanol–water partition coefficient (Wildman–Crippen LogP) is 2.57. The lowest BCUT2D eigenvalue weighted by Crippen LogP contribution is -2.50. The zero-order chi connectivity index (χ0) is 12.3. The summed E-state index contributed by atoms with van der Waals surface area (Å²) >= 11 is 0. The van der Waals surface area contributed by atoms with Gasteiger partial charge in [-0.3, -0.25) is 4.90 Å². The fourth-order valence-corrected chi connectivity index (χ4v) is 2.57. The van der Waals surface area contributed by atoms with Crippen LogP contribution < -0.4 is 0 Å². The van der Waals surface area contributed by atoms with Crippen LogP contribution in [0.25, 0.3) is 0 Å². The van der Waals surface area contributed by atoms with Crippen molar-refractivity contribution in [3.8, 4) is 6.07 Å². The molecule has 0 saturated carbocycles. The molecule has 1 N–H and O–H groups in total. The summed E-state index contributed by atoms with van der Waals surface area (Å²) in [5, 5.41) is 9.50. The van der Waals surface area contributed by atoms with Crippen molar-refractivity contribution < 1.29 is 0 Å². The van der Waals surface area contributed by atoms with Crippen molar-refractivity contribution in [2.45, 2.75) is 38.6 Å². The van der Waals surface area contributed by atoms with Crippen LogP contribution in [0.2, 0.25) is 0 Å². The molecule has 17 heavy (non-hydrogen) atoms. The van der Waals surface area contributed by atoms with Crippen LogP contribution in [0.1, 0.15) is 32.4 Å². The molecule has 2 rings (SSSR count). The maximum atomic E-state index is 9.50.